The molecule has 1 amide bonds. The molecule has 33 heavy (non-hydrogen) atoms. The minimum Gasteiger partial charge on any atom is -0.489 e. The highest BCUT2D eigenvalue weighted by Gasteiger charge is 2.38. The number of rotatable bonds is 5. The Labute approximate surface area is 193 Å². The van der Waals surface area contributed by atoms with E-state index in [-0.39, 0.29) is 9.80 Å². The summed E-state index contributed by atoms with van der Waals surface area (Å²) in [6.07, 6.45) is 3.24. The van der Waals surface area contributed by atoms with E-state index >= 15 is 0 Å². The highest BCUT2D eigenvalue weighted by molar-refractivity contribution is 7.96. The number of benzene rings is 3. The molecule has 5 rings (SSSR count). The maximum atomic E-state index is 13.3. The third kappa shape index (κ3) is 4.12. The van der Waals surface area contributed by atoms with Gasteiger partial charge >= 0.3 is 0 Å². The van der Waals surface area contributed by atoms with Gasteiger partial charge in [0.2, 0.25) is 9.84 Å². The molecule has 168 valence electrons. The Morgan fingerprint density at radius 3 is 2.24 bits per heavy atom. The Balaban J connectivity index is 1.46. The molecule has 0 bridgehead atoms. The third-order valence-electron chi connectivity index (χ3n) is 5.92. The zero-order chi connectivity index (χ0) is 22.8. The molecule has 0 atom stereocenters. The number of ether oxygens (including phenoxy) is 1. The molecule has 0 unspecified atom stereocenters. The Morgan fingerprint density at radius 2 is 1.52 bits per heavy atom. The quantitative estimate of drug-likeness (QED) is 0.554. The van der Waals surface area contributed by atoms with Gasteiger partial charge in [0.05, 0.1) is 10.6 Å². The molecule has 1 saturated heterocycles. The summed E-state index contributed by atoms with van der Waals surface area (Å²) in [6.45, 7) is 1.63. The van der Waals surface area contributed by atoms with E-state index in [1.165, 1.54) is 6.20 Å². The van der Waals surface area contributed by atoms with Crippen molar-refractivity contribution in [3.05, 3.63) is 95.5 Å². The number of amides is 1. The average molecular weight is 461 g/mol. The summed E-state index contributed by atoms with van der Waals surface area (Å²) in [7, 11) is -3.90. The molecule has 0 spiro atoms. The van der Waals surface area contributed by atoms with E-state index in [2.05, 4.69) is 0 Å². The van der Waals surface area contributed by atoms with E-state index in [0.717, 1.165) is 24.1 Å². The first-order valence-electron chi connectivity index (χ1n) is 11.0. The fourth-order valence-electron chi connectivity index (χ4n) is 4.16. The third-order valence-corrected chi connectivity index (χ3v) is 7.70. The summed E-state index contributed by atoms with van der Waals surface area (Å²) in [6, 6.07) is 24.1. The second-order valence-corrected chi connectivity index (χ2v) is 9.99. The van der Waals surface area contributed by atoms with Crippen LogP contribution in [-0.4, -0.2) is 32.3 Å². The number of fused-ring (bicyclic) bond motifs is 1. The van der Waals surface area contributed by atoms with Crippen molar-refractivity contribution >= 4 is 27.1 Å². The van der Waals surface area contributed by atoms with Crippen LogP contribution in [0.5, 0.6) is 5.75 Å². The van der Waals surface area contributed by atoms with Gasteiger partial charge in [-0.15, -0.1) is 0 Å². The lowest BCUT2D eigenvalue weighted by Crippen LogP contribution is -2.35. The van der Waals surface area contributed by atoms with Crippen LogP contribution >= 0.6 is 0 Å². The SMILES string of the molecule is O=C(C1=CN(c2ccc(OCc3ccccc3)cc2)c2ccccc2S1(=O)=O)N1CCCC1. The molecule has 0 N–H and O–H groups in total. The summed E-state index contributed by atoms with van der Waals surface area (Å²) >= 11 is 0. The normalized spacial score (nSPS) is 16.8. The van der Waals surface area contributed by atoms with Gasteiger partial charge in [0, 0.05) is 25.0 Å². The van der Waals surface area contributed by atoms with Gasteiger partial charge in [-0.1, -0.05) is 42.5 Å². The van der Waals surface area contributed by atoms with E-state index in [4.69, 9.17) is 4.74 Å². The molecule has 3 aromatic carbocycles. The van der Waals surface area contributed by atoms with Gasteiger partial charge in [0.15, 0.2) is 4.91 Å². The number of para-hydroxylation sites is 1. The highest BCUT2D eigenvalue weighted by atomic mass is 32.2. The number of nitrogens with zero attached hydrogens (tertiary/aromatic N) is 2. The molecule has 0 aliphatic carbocycles. The van der Waals surface area contributed by atoms with Crippen molar-refractivity contribution in [1.29, 1.82) is 0 Å². The van der Waals surface area contributed by atoms with Crippen LogP contribution in [0.4, 0.5) is 11.4 Å². The number of likely N-dealkylation sites (tertiary alicyclic amines) is 1. The molecule has 3 aromatic rings. The van der Waals surface area contributed by atoms with Crippen LogP contribution in [0.15, 0.2) is 94.9 Å². The van der Waals surface area contributed by atoms with E-state index in [1.807, 2.05) is 54.6 Å². The van der Waals surface area contributed by atoms with Crippen molar-refractivity contribution in [2.75, 3.05) is 18.0 Å². The Hall–Kier alpha value is -3.58. The molecule has 2 aliphatic rings. The molecule has 2 aliphatic heterocycles. The van der Waals surface area contributed by atoms with Gasteiger partial charge in [-0.05, 0) is 54.8 Å². The number of hydrogen-bond acceptors (Lipinski definition) is 5. The van der Waals surface area contributed by atoms with Crippen molar-refractivity contribution in [1.82, 2.24) is 4.90 Å². The molecule has 0 aromatic heterocycles. The Morgan fingerprint density at radius 1 is 0.848 bits per heavy atom. The lowest BCUT2D eigenvalue weighted by molar-refractivity contribution is -0.125. The summed E-state index contributed by atoms with van der Waals surface area (Å²) in [5.74, 6) is 0.271. The van der Waals surface area contributed by atoms with Gasteiger partial charge < -0.3 is 14.5 Å². The fourth-order valence-corrected chi connectivity index (χ4v) is 5.70. The standard InChI is InChI=1S/C26H24N2O4S/c29-26(27-16-6-7-17-27)25-18-28(23-10-4-5-11-24(23)33(25,30)31)21-12-14-22(15-13-21)32-19-20-8-2-1-3-9-20/h1-5,8-15,18H,6-7,16-17,19H2. The first kappa shape index (κ1) is 21.3. The van der Waals surface area contributed by atoms with Crippen LogP contribution in [0.1, 0.15) is 18.4 Å². The maximum absolute atomic E-state index is 13.3. The molecule has 1 fully saturated rings. The first-order chi connectivity index (χ1) is 16.0. The van der Waals surface area contributed by atoms with Crippen LogP contribution in [0.25, 0.3) is 0 Å². The van der Waals surface area contributed by atoms with Crippen molar-refractivity contribution in [3.8, 4) is 5.75 Å². The predicted molar refractivity (Wildman–Crippen MR) is 127 cm³/mol. The zero-order valence-electron chi connectivity index (χ0n) is 18.1. The van der Waals surface area contributed by atoms with Crippen molar-refractivity contribution in [2.24, 2.45) is 0 Å². The van der Waals surface area contributed by atoms with Gasteiger partial charge in [0.1, 0.15) is 12.4 Å². The number of hydrogen-bond donors (Lipinski definition) is 0. The summed E-state index contributed by atoms with van der Waals surface area (Å²) in [5, 5.41) is 0. The minimum atomic E-state index is -3.90. The molecular weight excluding hydrogens is 436 g/mol. The molecule has 2 heterocycles. The fraction of sp³-hybridized carbons (Fsp3) is 0.192. The van der Waals surface area contributed by atoms with Crippen molar-refractivity contribution in [2.45, 2.75) is 24.3 Å². The highest BCUT2D eigenvalue weighted by Crippen LogP contribution is 2.40. The summed E-state index contributed by atoms with van der Waals surface area (Å²) in [5.41, 5.74) is 2.34. The van der Waals surface area contributed by atoms with Gasteiger partial charge in [-0.3, -0.25) is 4.79 Å². The molecule has 0 saturated carbocycles. The second-order valence-electron chi connectivity index (χ2n) is 8.10. The van der Waals surface area contributed by atoms with E-state index < -0.39 is 15.7 Å². The Kier molecular flexibility index (Phi) is 5.64. The van der Waals surface area contributed by atoms with Crippen LogP contribution in [0, 0.1) is 0 Å². The summed E-state index contributed by atoms with van der Waals surface area (Å²) in [4.78, 5) is 16.4. The smallest absolute Gasteiger partial charge is 0.267 e. The lowest BCUT2D eigenvalue weighted by atomic mass is 10.2. The van der Waals surface area contributed by atoms with Crippen molar-refractivity contribution in [3.63, 3.8) is 0 Å². The molecule has 6 nitrogen and oxygen atoms in total. The van der Waals surface area contributed by atoms with Crippen LogP contribution in [0.2, 0.25) is 0 Å². The average Bonchev–Trinajstić information content (AvgIpc) is 3.39. The lowest BCUT2D eigenvalue weighted by Gasteiger charge is -2.30. The largest absolute Gasteiger partial charge is 0.489 e. The van der Waals surface area contributed by atoms with Crippen LogP contribution in [0.3, 0.4) is 0 Å². The topological polar surface area (TPSA) is 66.9 Å². The van der Waals surface area contributed by atoms with Crippen LogP contribution < -0.4 is 9.64 Å². The predicted octanol–water partition coefficient (Wildman–Crippen LogP) is 4.65. The van der Waals surface area contributed by atoms with Gasteiger partial charge in [0.25, 0.3) is 5.91 Å². The number of sulfone groups is 1. The zero-order valence-corrected chi connectivity index (χ0v) is 18.9. The van der Waals surface area contributed by atoms with Crippen LogP contribution in [-0.2, 0) is 21.2 Å². The number of carbonyl (C=O) groups excluding carboxylic acids is 1. The monoisotopic (exact) mass is 460 g/mol. The van der Waals surface area contributed by atoms with E-state index in [1.54, 1.807) is 34.1 Å². The number of anilines is 2. The van der Waals surface area contributed by atoms with E-state index in [9.17, 15) is 13.2 Å². The minimum absolute atomic E-state index is 0.138. The number of carbonyl (C=O) groups is 1. The van der Waals surface area contributed by atoms with Crippen molar-refractivity contribution < 1.29 is 17.9 Å². The van der Waals surface area contributed by atoms with Gasteiger partial charge in [-0.2, -0.15) is 0 Å². The Bertz CT molecular complexity index is 1300. The molecule has 7 heteroatoms. The van der Waals surface area contributed by atoms with E-state index in [0.29, 0.717) is 31.1 Å². The second kappa shape index (κ2) is 8.75. The van der Waals surface area contributed by atoms with Gasteiger partial charge in [-0.25, -0.2) is 8.42 Å². The molecule has 0 radical (unpaired) electrons. The maximum Gasteiger partial charge on any atom is 0.267 e. The molecular formula is C26H24N2O4S. The first-order valence-corrected chi connectivity index (χ1v) is 12.4. The summed E-state index contributed by atoms with van der Waals surface area (Å²) < 4.78 is 32.5.